The molecule has 1 heterocycles. The molecule has 24 heavy (non-hydrogen) atoms. The SMILES string of the molecule is CC(Sc1cc(Cl)ccc1Cl)C(=O)c1ccc2c(c1)NC(=O)CO2. The van der Waals surface area contributed by atoms with Gasteiger partial charge in [-0.25, -0.2) is 0 Å². The van der Waals surface area contributed by atoms with Crippen LogP contribution in [0.3, 0.4) is 0 Å². The van der Waals surface area contributed by atoms with Crippen LogP contribution >= 0.6 is 35.0 Å². The second kappa shape index (κ2) is 7.05. The van der Waals surface area contributed by atoms with E-state index in [1.165, 1.54) is 11.8 Å². The molecule has 3 rings (SSSR count). The Morgan fingerprint density at radius 3 is 2.83 bits per heavy atom. The molecular formula is C17H13Cl2NO3S. The number of nitrogens with one attached hydrogen (secondary N) is 1. The van der Waals surface area contributed by atoms with Crippen LogP contribution in [0.2, 0.25) is 10.0 Å². The quantitative estimate of drug-likeness (QED) is 0.616. The van der Waals surface area contributed by atoms with Crippen molar-refractivity contribution < 1.29 is 14.3 Å². The minimum absolute atomic E-state index is 0.0141. The highest BCUT2D eigenvalue weighted by atomic mass is 35.5. The van der Waals surface area contributed by atoms with Crippen LogP contribution in [0.5, 0.6) is 5.75 Å². The summed E-state index contributed by atoms with van der Waals surface area (Å²) in [5.74, 6) is 0.253. The molecule has 0 aliphatic carbocycles. The molecule has 1 N–H and O–H groups in total. The Morgan fingerprint density at radius 2 is 2.04 bits per heavy atom. The van der Waals surface area contributed by atoms with Crippen LogP contribution in [0.25, 0.3) is 0 Å². The van der Waals surface area contributed by atoms with Gasteiger partial charge in [0.2, 0.25) is 0 Å². The molecule has 2 aromatic carbocycles. The van der Waals surface area contributed by atoms with Gasteiger partial charge in [-0.15, -0.1) is 11.8 Å². The molecule has 0 aromatic heterocycles. The van der Waals surface area contributed by atoms with Gasteiger partial charge in [0.1, 0.15) is 5.75 Å². The number of carbonyl (C=O) groups excluding carboxylic acids is 2. The van der Waals surface area contributed by atoms with Crippen LogP contribution in [0.15, 0.2) is 41.3 Å². The van der Waals surface area contributed by atoms with Gasteiger partial charge in [0.05, 0.1) is 16.0 Å². The van der Waals surface area contributed by atoms with Crippen molar-refractivity contribution in [3.05, 3.63) is 52.0 Å². The van der Waals surface area contributed by atoms with Crippen molar-refractivity contribution in [2.24, 2.45) is 0 Å². The summed E-state index contributed by atoms with van der Waals surface area (Å²) in [7, 11) is 0. The normalized spacial score (nSPS) is 14.4. The summed E-state index contributed by atoms with van der Waals surface area (Å²) in [6.45, 7) is 1.79. The molecule has 1 aliphatic heterocycles. The number of thioether (sulfide) groups is 1. The summed E-state index contributed by atoms with van der Waals surface area (Å²) in [6.07, 6.45) is 0. The number of ketones is 1. The molecule has 1 unspecified atom stereocenters. The number of carbonyl (C=O) groups is 2. The van der Waals surface area contributed by atoms with E-state index < -0.39 is 0 Å². The maximum atomic E-state index is 12.7. The van der Waals surface area contributed by atoms with Gasteiger partial charge in [-0.2, -0.15) is 0 Å². The first-order valence-electron chi connectivity index (χ1n) is 7.16. The lowest BCUT2D eigenvalue weighted by Crippen LogP contribution is -2.25. The van der Waals surface area contributed by atoms with Gasteiger partial charge >= 0.3 is 0 Å². The van der Waals surface area contributed by atoms with E-state index in [4.69, 9.17) is 27.9 Å². The van der Waals surface area contributed by atoms with E-state index >= 15 is 0 Å². The number of rotatable bonds is 4. The number of fused-ring (bicyclic) bond motifs is 1. The van der Waals surface area contributed by atoms with E-state index in [9.17, 15) is 9.59 Å². The van der Waals surface area contributed by atoms with Crippen molar-refractivity contribution in [3.8, 4) is 5.75 Å². The van der Waals surface area contributed by atoms with Gasteiger partial charge < -0.3 is 10.1 Å². The first-order chi connectivity index (χ1) is 11.4. The van der Waals surface area contributed by atoms with Crippen LogP contribution in [-0.4, -0.2) is 23.5 Å². The zero-order valence-corrected chi connectivity index (χ0v) is 15.0. The number of amides is 1. The third kappa shape index (κ3) is 3.69. The Labute approximate surface area is 153 Å². The van der Waals surface area contributed by atoms with Gasteiger partial charge in [-0.3, -0.25) is 9.59 Å². The Bertz CT molecular complexity index is 825. The van der Waals surface area contributed by atoms with Gasteiger partial charge in [-0.05, 0) is 43.3 Å². The van der Waals surface area contributed by atoms with E-state index in [0.29, 0.717) is 27.0 Å². The van der Waals surface area contributed by atoms with Crippen LogP contribution in [0, 0.1) is 0 Å². The van der Waals surface area contributed by atoms with Crippen molar-refractivity contribution in [2.45, 2.75) is 17.1 Å². The number of anilines is 1. The van der Waals surface area contributed by atoms with Gasteiger partial charge in [0.15, 0.2) is 12.4 Å². The summed E-state index contributed by atoms with van der Waals surface area (Å²) >= 11 is 13.5. The fourth-order valence-corrected chi connectivity index (χ4v) is 3.77. The number of hydrogen-bond acceptors (Lipinski definition) is 4. The predicted octanol–water partition coefficient (Wildman–Crippen LogP) is 4.69. The van der Waals surface area contributed by atoms with Crippen molar-refractivity contribution in [1.82, 2.24) is 0 Å². The van der Waals surface area contributed by atoms with E-state index in [1.54, 1.807) is 43.3 Å². The molecule has 1 aliphatic rings. The lowest BCUT2D eigenvalue weighted by molar-refractivity contribution is -0.118. The van der Waals surface area contributed by atoms with Gasteiger partial charge in [0.25, 0.3) is 5.91 Å². The lowest BCUT2D eigenvalue weighted by atomic mass is 10.1. The number of benzene rings is 2. The fourth-order valence-electron chi connectivity index (χ4n) is 2.28. The van der Waals surface area contributed by atoms with E-state index in [2.05, 4.69) is 5.32 Å². The maximum Gasteiger partial charge on any atom is 0.262 e. The summed E-state index contributed by atoms with van der Waals surface area (Å²) in [4.78, 5) is 24.8. The highest BCUT2D eigenvalue weighted by Gasteiger charge is 2.22. The molecule has 4 nitrogen and oxygen atoms in total. The maximum absolute atomic E-state index is 12.7. The second-order valence-corrected chi connectivity index (χ2v) is 7.47. The minimum atomic E-state index is -0.362. The monoisotopic (exact) mass is 381 g/mol. The number of hydrogen-bond donors (Lipinski definition) is 1. The van der Waals surface area contributed by atoms with Crippen LogP contribution in [0.1, 0.15) is 17.3 Å². The molecule has 1 atom stereocenters. The molecule has 2 aromatic rings. The third-order valence-electron chi connectivity index (χ3n) is 3.46. The summed E-state index contributed by atoms with van der Waals surface area (Å²) < 4.78 is 5.29. The molecule has 7 heteroatoms. The Hall–Kier alpha value is -1.69. The molecule has 0 radical (unpaired) electrons. The number of halogens is 2. The zero-order valence-electron chi connectivity index (χ0n) is 12.6. The van der Waals surface area contributed by atoms with Crippen molar-refractivity contribution in [3.63, 3.8) is 0 Å². The second-order valence-electron chi connectivity index (χ2n) is 5.25. The minimum Gasteiger partial charge on any atom is -0.482 e. The number of ether oxygens (including phenoxy) is 1. The van der Waals surface area contributed by atoms with Crippen molar-refractivity contribution in [2.75, 3.05) is 11.9 Å². The number of Topliss-reactive ketones (excluding diaryl/α,β-unsaturated/α-hetero) is 1. The lowest BCUT2D eigenvalue weighted by Gasteiger charge is -2.19. The van der Waals surface area contributed by atoms with Gasteiger partial charge in [-0.1, -0.05) is 23.2 Å². The molecule has 0 bridgehead atoms. The topological polar surface area (TPSA) is 55.4 Å². The average Bonchev–Trinajstić information content (AvgIpc) is 2.56. The third-order valence-corrected chi connectivity index (χ3v) is 5.30. The standard InChI is InChI=1S/C17H13Cl2NO3S/c1-9(24-15-7-11(18)3-4-12(15)19)17(22)10-2-5-14-13(6-10)20-16(21)8-23-14/h2-7,9H,8H2,1H3,(H,20,21). The largest absolute Gasteiger partial charge is 0.482 e. The molecular weight excluding hydrogens is 369 g/mol. The summed E-state index contributed by atoms with van der Waals surface area (Å²) in [6, 6.07) is 10.1. The first-order valence-corrected chi connectivity index (χ1v) is 8.80. The zero-order chi connectivity index (χ0) is 17.3. The van der Waals surface area contributed by atoms with Gasteiger partial charge in [0, 0.05) is 15.5 Å². The fraction of sp³-hybridized carbons (Fsp3) is 0.176. The van der Waals surface area contributed by atoms with E-state index in [0.717, 1.165) is 4.90 Å². The summed E-state index contributed by atoms with van der Waals surface area (Å²) in [5, 5.41) is 3.45. The predicted molar refractivity (Wildman–Crippen MR) is 96.7 cm³/mol. The van der Waals surface area contributed by atoms with E-state index in [1.807, 2.05) is 0 Å². The molecule has 1 amide bonds. The molecule has 0 spiro atoms. The van der Waals surface area contributed by atoms with Crippen molar-refractivity contribution >= 4 is 52.3 Å². The molecule has 0 saturated heterocycles. The van der Waals surface area contributed by atoms with Crippen LogP contribution in [-0.2, 0) is 4.79 Å². The summed E-state index contributed by atoms with van der Waals surface area (Å²) in [5.41, 5.74) is 1.01. The van der Waals surface area contributed by atoms with Crippen molar-refractivity contribution in [1.29, 1.82) is 0 Å². The molecule has 0 fully saturated rings. The Kier molecular flexibility index (Phi) is 5.04. The smallest absolute Gasteiger partial charge is 0.262 e. The molecule has 124 valence electrons. The highest BCUT2D eigenvalue weighted by Crippen LogP contribution is 2.35. The Morgan fingerprint density at radius 1 is 1.25 bits per heavy atom. The van der Waals surface area contributed by atoms with Crippen LogP contribution in [0.4, 0.5) is 5.69 Å². The average molecular weight is 382 g/mol. The first kappa shape index (κ1) is 17.1. The highest BCUT2D eigenvalue weighted by molar-refractivity contribution is 8.00. The van der Waals surface area contributed by atoms with E-state index in [-0.39, 0.29) is 23.5 Å². The molecule has 0 saturated carbocycles. The van der Waals surface area contributed by atoms with Crippen LogP contribution < -0.4 is 10.1 Å². The Balaban J connectivity index is 1.79.